The molecule has 0 unspecified atom stereocenters. The van der Waals surface area contributed by atoms with Crippen molar-refractivity contribution >= 4 is 6.29 Å². The molecule has 0 fully saturated rings. The number of aldehydes is 1. The molecule has 0 saturated carbocycles. The van der Waals surface area contributed by atoms with Crippen LogP contribution in [0.2, 0.25) is 0 Å². The molecule has 128 valence electrons. The van der Waals surface area contributed by atoms with Crippen molar-refractivity contribution in [2.24, 2.45) is 0 Å². The Bertz CT molecular complexity index is 842. The lowest BCUT2D eigenvalue weighted by molar-refractivity contribution is 0.112. The van der Waals surface area contributed by atoms with Crippen LogP contribution in [0.4, 0.5) is 0 Å². The van der Waals surface area contributed by atoms with Gasteiger partial charge in [-0.25, -0.2) is 0 Å². The number of hydrogen-bond donors (Lipinski definition) is 0. The fourth-order valence-electron chi connectivity index (χ4n) is 3.64. The van der Waals surface area contributed by atoms with Crippen molar-refractivity contribution in [3.63, 3.8) is 0 Å². The number of carbonyl (C=O) groups is 1. The molecule has 0 spiro atoms. The van der Waals surface area contributed by atoms with Gasteiger partial charge in [-0.15, -0.1) is 0 Å². The third-order valence-corrected chi connectivity index (χ3v) is 5.49. The summed E-state index contributed by atoms with van der Waals surface area (Å²) in [5.74, 6) is 6.47. The summed E-state index contributed by atoms with van der Waals surface area (Å²) < 4.78 is 0. The summed E-state index contributed by atoms with van der Waals surface area (Å²) in [6.07, 6.45) is 4.07. The Morgan fingerprint density at radius 2 is 1.56 bits per heavy atom. The molecule has 0 N–H and O–H groups in total. The van der Waals surface area contributed by atoms with Gasteiger partial charge in [-0.05, 0) is 52.5 Å². The second-order valence-corrected chi connectivity index (χ2v) is 8.37. The van der Waals surface area contributed by atoms with Crippen molar-refractivity contribution in [1.82, 2.24) is 0 Å². The van der Waals surface area contributed by atoms with E-state index in [9.17, 15) is 4.79 Å². The molecule has 0 aliphatic heterocycles. The number of benzene rings is 2. The Balaban J connectivity index is 1.83. The van der Waals surface area contributed by atoms with Crippen LogP contribution in [0.3, 0.4) is 0 Å². The van der Waals surface area contributed by atoms with Gasteiger partial charge in [-0.2, -0.15) is 0 Å². The maximum atomic E-state index is 10.7. The predicted octanol–water partition coefficient (Wildman–Crippen LogP) is 5.44. The Morgan fingerprint density at radius 3 is 2.20 bits per heavy atom. The fraction of sp³-hybridized carbons (Fsp3) is 0.375. The van der Waals surface area contributed by atoms with Crippen molar-refractivity contribution in [3.05, 3.63) is 70.3 Å². The molecule has 3 rings (SSSR count). The van der Waals surface area contributed by atoms with Crippen LogP contribution in [0.5, 0.6) is 0 Å². The summed E-state index contributed by atoms with van der Waals surface area (Å²) in [5.41, 5.74) is 6.38. The molecule has 2 aromatic rings. The summed E-state index contributed by atoms with van der Waals surface area (Å²) in [5, 5.41) is 0. The molecule has 1 heteroatoms. The van der Waals surface area contributed by atoms with E-state index in [4.69, 9.17) is 0 Å². The first-order valence-electron chi connectivity index (χ1n) is 9.00. The van der Waals surface area contributed by atoms with Gasteiger partial charge in [0.15, 0.2) is 0 Å². The zero-order chi connectivity index (χ0) is 18.1. The van der Waals surface area contributed by atoms with Gasteiger partial charge in [-0.1, -0.05) is 69.9 Å². The van der Waals surface area contributed by atoms with E-state index >= 15 is 0 Å². The highest BCUT2D eigenvalue weighted by Crippen LogP contribution is 2.45. The molecule has 0 aromatic heterocycles. The summed E-state index contributed by atoms with van der Waals surface area (Å²) >= 11 is 0. The second kappa shape index (κ2) is 6.52. The van der Waals surface area contributed by atoms with Crippen molar-refractivity contribution in [2.45, 2.75) is 57.8 Å². The van der Waals surface area contributed by atoms with E-state index in [1.54, 1.807) is 12.1 Å². The Hall–Kier alpha value is -2.33. The topological polar surface area (TPSA) is 17.1 Å². The van der Waals surface area contributed by atoms with Gasteiger partial charge >= 0.3 is 0 Å². The van der Waals surface area contributed by atoms with Crippen molar-refractivity contribution in [2.75, 3.05) is 0 Å². The van der Waals surface area contributed by atoms with E-state index < -0.39 is 0 Å². The molecule has 0 saturated heterocycles. The molecule has 0 atom stereocenters. The molecule has 0 heterocycles. The highest BCUT2D eigenvalue weighted by atomic mass is 16.1. The molecular weight excluding hydrogens is 304 g/mol. The van der Waals surface area contributed by atoms with Gasteiger partial charge in [0.2, 0.25) is 0 Å². The summed E-state index contributed by atoms with van der Waals surface area (Å²) in [4.78, 5) is 10.7. The highest BCUT2D eigenvalue weighted by Gasteiger charge is 2.36. The van der Waals surface area contributed by atoms with E-state index in [-0.39, 0.29) is 10.8 Å². The predicted molar refractivity (Wildman–Crippen MR) is 104 cm³/mol. The quantitative estimate of drug-likeness (QED) is 0.529. The molecular formula is C24H26O. The smallest absolute Gasteiger partial charge is 0.150 e. The van der Waals surface area contributed by atoms with Gasteiger partial charge in [0.1, 0.15) is 6.29 Å². The lowest BCUT2D eigenvalue weighted by Gasteiger charge is -2.42. The summed E-state index contributed by atoms with van der Waals surface area (Å²) in [6.45, 7) is 9.41. The SMILES string of the molecule is CC1(C)CCC(C)(C)c2cc(CC#Cc3ccc(C=O)cc3)ccc21. The van der Waals surface area contributed by atoms with Crippen LogP contribution >= 0.6 is 0 Å². The van der Waals surface area contributed by atoms with Gasteiger partial charge in [0, 0.05) is 17.5 Å². The molecule has 1 aliphatic carbocycles. The average molecular weight is 330 g/mol. The number of hydrogen-bond acceptors (Lipinski definition) is 1. The zero-order valence-electron chi connectivity index (χ0n) is 15.6. The normalized spacial score (nSPS) is 17.1. The lowest BCUT2D eigenvalue weighted by atomic mass is 9.63. The van der Waals surface area contributed by atoms with Crippen LogP contribution < -0.4 is 0 Å². The van der Waals surface area contributed by atoms with E-state index in [1.165, 1.54) is 29.5 Å². The van der Waals surface area contributed by atoms with Crippen molar-refractivity contribution in [3.8, 4) is 11.8 Å². The molecule has 25 heavy (non-hydrogen) atoms. The summed E-state index contributed by atoms with van der Waals surface area (Å²) in [7, 11) is 0. The van der Waals surface area contributed by atoms with Crippen molar-refractivity contribution < 1.29 is 4.79 Å². The van der Waals surface area contributed by atoms with E-state index in [0.29, 0.717) is 5.56 Å². The van der Waals surface area contributed by atoms with E-state index in [2.05, 4.69) is 57.7 Å². The molecule has 1 aliphatic rings. The Morgan fingerprint density at radius 1 is 0.920 bits per heavy atom. The first-order valence-corrected chi connectivity index (χ1v) is 9.00. The summed E-state index contributed by atoms with van der Waals surface area (Å²) in [6, 6.07) is 14.3. The van der Waals surface area contributed by atoms with Crippen LogP contribution in [0.25, 0.3) is 0 Å². The molecule has 1 nitrogen and oxygen atoms in total. The number of carbonyl (C=O) groups excluding carboxylic acids is 1. The fourth-order valence-corrected chi connectivity index (χ4v) is 3.64. The first kappa shape index (κ1) is 17.5. The van der Waals surface area contributed by atoms with Crippen LogP contribution in [-0.2, 0) is 17.3 Å². The van der Waals surface area contributed by atoms with E-state index in [1.807, 2.05) is 12.1 Å². The minimum atomic E-state index is 0.235. The maximum Gasteiger partial charge on any atom is 0.150 e. The van der Waals surface area contributed by atoms with E-state index in [0.717, 1.165) is 18.3 Å². The third-order valence-electron chi connectivity index (χ3n) is 5.49. The number of rotatable bonds is 2. The molecule has 2 aromatic carbocycles. The number of fused-ring (bicyclic) bond motifs is 1. The third kappa shape index (κ3) is 3.69. The van der Waals surface area contributed by atoms with Crippen LogP contribution in [0.15, 0.2) is 42.5 Å². The van der Waals surface area contributed by atoms with Crippen molar-refractivity contribution in [1.29, 1.82) is 0 Å². The van der Waals surface area contributed by atoms with Gasteiger partial charge in [-0.3, -0.25) is 4.79 Å². The second-order valence-electron chi connectivity index (χ2n) is 8.37. The largest absolute Gasteiger partial charge is 0.298 e. The minimum Gasteiger partial charge on any atom is -0.298 e. The molecule has 0 radical (unpaired) electrons. The Labute approximate surface area is 151 Å². The highest BCUT2D eigenvalue weighted by molar-refractivity contribution is 5.74. The molecule has 0 bridgehead atoms. The van der Waals surface area contributed by atoms with Crippen LogP contribution in [0, 0.1) is 11.8 Å². The van der Waals surface area contributed by atoms with Crippen LogP contribution in [-0.4, -0.2) is 6.29 Å². The Kier molecular flexibility index (Phi) is 4.56. The maximum absolute atomic E-state index is 10.7. The standard InChI is InChI=1S/C24H26O/c1-23(2)14-15-24(3,4)22-16-19(12-13-21(22)23)7-5-6-18-8-10-20(17-25)11-9-18/h8-13,16-17H,7,14-15H2,1-4H3. The minimum absolute atomic E-state index is 0.235. The van der Waals surface area contributed by atoms with Gasteiger partial charge < -0.3 is 0 Å². The monoisotopic (exact) mass is 330 g/mol. The van der Waals surface area contributed by atoms with Crippen LogP contribution in [0.1, 0.15) is 73.1 Å². The first-order chi connectivity index (χ1) is 11.8. The van der Waals surface area contributed by atoms with Gasteiger partial charge in [0.05, 0.1) is 0 Å². The zero-order valence-corrected chi connectivity index (χ0v) is 15.6. The molecule has 0 amide bonds. The average Bonchev–Trinajstić information content (AvgIpc) is 2.60. The lowest BCUT2D eigenvalue weighted by Crippen LogP contribution is -2.33. The van der Waals surface area contributed by atoms with Gasteiger partial charge in [0.25, 0.3) is 0 Å².